The van der Waals surface area contributed by atoms with E-state index in [0.717, 1.165) is 5.75 Å². The second-order valence-corrected chi connectivity index (χ2v) is 3.64. The maximum absolute atomic E-state index is 11.2. The van der Waals surface area contributed by atoms with Crippen LogP contribution in [0.3, 0.4) is 0 Å². The summed E-state index contributed by atoms with van der Waals surface area (Å²) in [6, 6.07) is 7.07. The smallest absolute Gasteiger partial charge is 0.328 e. The van der Waals surface area contributed by atoms with Crippen LogP contribution in [0.4, 0.5) is 0 Å². The van der Waals surface area contributed by atoms with Gasteiger partial charge in [0.1, 0.15) is 11.3 Å². The van der Waals surface area contributed by atoms with Crippen molar-refractivity contribution in [3.8, 4) is 5.75 Å². The minimum Gasteiger partial charge on any atom is -0.494 e. The molecule has 0 heterocycles. The predicted molar refractivity (Wildman–Crippen MR) is 61.7 cm³/mol. The van der Waals surface area contributed by atoms with Gasteiger partial charge in [0, 0.05) is 0 Å². The number of aliphatic carboxylic acids is 1. The first kappa shape index (κ1) is 12.5. The van der Waals surface area contributed by atoms with E-state index in [1.165, 1.54) is 0 Å². The van der Waals surface area contributed by atoms with Crippen molar-refractivity contribution in [1.82, 2.24) is 5.32 Å². The van der Waals surface area contributed by atoms with Crippen molar-refractivity contribution in [2.75, 3.05) is 13.7 Å². The summed E-state index contributed by atoms with van der Waals surface area (Å²) in [5.41, 5.74) is -0.365. The molecule has 0 unspecified atom stereocenters. The zero-order valence-corrected chi connectivity index (χ0v) is 9.78. The third kappa shape index (κ3) is 2.33. The molecule has 1 aromatic rings. The number of hydrogen-bond acceptors (Lipinski definition) is 3. The van der Waals surface area contributed by atoms with E-state index in [-0.39, 0.29) is 0 Å². The summed E-state index contributed by atoms with van der Waals surface area (Å²) in [5, 5.41) is 12.0. The molecule has 0 aliphatic heterocycles. The quantitative estimate of drug-likeness (QED) is 0.796. The molecule has 0 saturated carbocycles. The van der Waals surface area contributed by atoms with Crippen LogP contribution in [0.15, 0.2) is 24.3 Å². The molecule has 2 N–H and O–H groups in total. The molecule has 0 saturated heterocycles. The lowest BCUT2D eigenvalue weighted by Gasteiger charge is -2.24. The fraction of sp³-hybridized carbons (Fsp3) is 0.417. The van der Waals surface area contributed by atoms with E-state index >= 15 is 0 Å². The molecule has 88 valence electrons. The van der Waals surface area contributed by atoms with Crippen LogP contribution in [0.5, 0.6) is 5.75 Å². The molecule has 4 heteroatoms. The number of ether oxygens (including phenoxy) is 1. The van der Waals surface area contributed by atoms with Crippen LogP contribution in [-0.4, -0.2) is 24.7 Å². The second kappa shape index (κ2) is 4.99. The summed E-state index contributed by atoms with van der Waals surface area (Å²) in [4.78, 5) is 11.2. The fourth-order valence-electron chi connectivity index (χ4n) is 1.43. The van der Waals surface area contributed by atoms with E-state index in [1.54, 1.807) is 38.2 Å². The first-order valence-electron chi connectivity index (χ1n) is 5.20. The monoisotopic (exact) mass is 223 g/mol. The van der Waals surface area contributed by atoms with Crippen molar-refractivity contribution >= 4 is 5.97 Å². The Hall–Kier alpha value is -1.55. The number of carbonyl (C=O) groups is 1. The van der Waals surface area contributed by atoms with Crippen molar-refractivity contribution in [2.45, 2.75) is 19.4 Å². The Bertz CT molecular complexity index is 361. The van der Waals surface area contributed by atoms with E-state index in [4.69, 9.17) is 9.84 Å². The van der Waals surface area contributed by atoms with E-state index in [2.05, 4.69) is 5.32 Å². The van der Waals surface area contributed by atoms with Gasteiger partial charge in [0.2, 0.25) is 0 Å². The summed E-state index contributed by atoms with van der Waals surface area (Å²) in [5.74, 6) is -0.158. The van der Waals surface area contributed by atoms with Crippen molar-refractivity contribution in [1.29, 1.82) is 0 Å². The number of rotatable bonds is 5. The Morgan fingerprint density at radius 3 is 2.38 bits per heavy atom. The standard InChI is InChI=1S/C12H17NO3/c1-4-16-10-7-5-9(6-8-10)12(2,13-3)11(14)15/h5-8,13H,4H2,1-3H3,(H,14,15)/t12-/m1/s1. The van der Waals surface area contributed by atoms with Gasteiger partial charge in [-0.05, 0) is 38.6 Å². The third-order valence-corrected chi connectivity index (χ3v) is 2.67. The minimum atomic E-state index is -1.06. The van der Waals surface area contributed by atoms with Crippen molar-refractivity contribution in [3.63, 3.8) is 0 Å². The van der Waals surface area contributed by atoms with Gasteiger partial charge in [-0.1, -0.05) is 12.1 Å². The van der Waals surface area contributed by atoms with Crippen LogP contribution >= 0.6 is 0 Å². The molecule has 0 fully saturated rings. The van der Waals surface area contributed by atoms with Gasteiger partial charge in [-0.15, -0.1) is 0 Å². The molecule has 4 nitrogen and oxygen atoms in total. The van der Waals surface area contributed by atoms with Gasteiger partial charge in [0.25, 0.3) is 0 Å². The Kier molecular flexibility index (Phi) is 3.90. The highest BCUT2D eigenvalue weighted by molar-refractivity contribution is 5.80. The molecule has 0 amide bonds. The van der Waals surface area contributed by atoms with Gasteiger partial charge in [-0.3, -0.25) is 0 Å². The molecule has 0 aromatic heterocycles. The van der Waals surface area contributed by atoms with Gasteiger partial charge in [0.05, 0.1) is 6.61 Å². The maximum atomic E-state index is 11.2. The van der Waals surface area contributed by atoms with Crippen molar-refractivity contribution in [3.05, 3.63) is 29.8 Å². The highest BCUT2D eigenvalue weighted by atomic mass is 16.5. The van der Waals surface area contributed by atoms with Crippen LogP contribution in [0, 0.1) is 0 Å². The average molecular weight is 223 g/mol. The summed E-state index contributed by atoms with van der Waals surface area (Å²) >= 11 is 0. The molecule has 0 aliphatic rings. The molecule has 1 atom stereocenters. The lowest BCUT2D eigenvalue weighted by molar-refractivity contribution is -0.144. The van der Waals surface area contributed by atoms with Crippen LogP contribution < -0.4 is 10.1 Å². The molecular formula is C12H17NO3. The largest absolute Gasteiger partial charge is 0.494 e. The molecular weight excluding hydrogens is 206 g/mol. The highest BCUT2D eigenvalue weighted by Crippen LogP contribution is 2.23. The van der Waals surface area contributed by atoms with Crippen molar-refractivity contribution in [2.24, 2.45) is 0 Å². The number of hydrogen-bond donors (Lipinski definition) is 2. The number of benzene rings is 1. The van der Waals surface area contributed by atoms with Crippen LogP contribution in [-0.2, 0) is 10.3 Å². The lowest BCUT2D eigenvalue weighted by Crippen LogP contribution is -2.44. The van der Waals surface area contributed by atoms with Gasteiger partial charge < -0.3 is 15.2 Å². The predicted octanol–water partition coefficient (Wildman–Crippen LogP) is 1.60. The van der Waals surface area contributed by atoms with Gasteiger partial charge in [0.15, 0.2) is 0 Å². The third-order valence-electron chi connectivity index (χ3n) is 2.67. The Labute approximate surface area is 95.2 Å². The Morgan fingerprint density at radius 2 is 2.00 bits per heavy atom. The highest BCUT2D eigenvalue weighted by Gasteiger charge is 2.33. The zero-order chi connectivity index (χ0) is 12.2. The van der Waals surface area contributed by atoms with Gasteiger partial charge in [-0.25, -0.2) is 4.79 Å². The summed E-state index contributed by atoms with van der Waals surface area (Å²) in [6.07, 6.45) is 0. The van der Waals surface area contributed by atoms with Crippen LogP contribution in [0.1, 0.15) is 19.4 Å². The molecule has 16 heavy (non-hydrogen) atoms. The maximum Gasteiger partial charge on any atom is 0.328 e. The number of nitrogens with one attached hydrogen (secondary N) is 1. The summed E-state index contributed by atoms with van der Waals surface area (Å²) < 4.78 is 5.30. The first-order valence-corrected chi connectivity index (χ1v) is 5.20. The number of carboxylic acid groups (broad SMARTS) is 1. The second-order valence-electron chi connectivity index (χ2n) is 3.64. The SMILES string of the molecule is CCOc1ccc([C@@](C)(NC)C(=O)O)cc1. The molecule has 1 rings (SSSR count). The average Bonchev–Trinajstić information content (AvgIpc) is 2.29. The zero-order valence-electron chi connectivity index (χ0n) is 9.78. The molecule has 0 bridgehead atoms. The van der Waals surface area contributed by atoms with Gasteiger partial charge >= 0.3 is 5.97 Å². The van der Waals surface area contributed by atoms with Crippen molar-refractivity contribution < 1.29 is 14.6 Å². The number of likely N-dealkylation sites (N-methyl/N-ethyl adjacent to an activating group) is 1. The fourth-order valence-corrected chi connectivity index (χ4v) is 1.43. The van der Waals surface area contributed by atoms with E-state index in [0.29, 0.717) is 12.2 Å². The first-order chi connectivity index (χ1) is 7.54. The number of carboxylic acids is 1. The lowest BCUT2D eigenvalue weighted by atomic mass is 9.92. The van der Waals surface area contributed by atoms with E-state index in [9.17, 15) is 4.79 Å². The molecule has 0 spiro atoms. The molecule has 0 radical (unpaired) electrons. The molecule has 1 aromatic carbocycles. The van der Waals surface area contributed by atoms with Crippen LogP contribution in [0.25, 0.3) is 0 Å². The summed E-state index contributed by atoms with van der Waals surface area (Å²) in [6.45, 7) is 4.13. The van der Waals surface area contributed by atoms with E-state index in [1.807, 2.05) is 6.92 Å². The minimum absolute atomic E-state index is 0.599. The van der Waals surface area contributed by atoms with E-state index < -0.39 is 11.5 Å². The van der Waals surface area contributed by atoms with Gasteiger partial charge in [-0.2, -0.15) is 0 Å². The summed E-state index contributed by atoms with van der Waals surface area (Å²) in [7, 11) is 1.63. The Morgan fingerprint density at radius 1 is 1.44 bits per heavy atom. The molecule has 0 aliphatic carbocycles. The normalized spacial score (nSPS) is 14.2. The topological polar surface area (TPSA) is 58.6 Å². The Balaban J connectivity index is 2.99. The van der Waals surface area contributed by atoms with Crippen LogP contribution in [0.2, 0.25) is 0 Å².